The number of nitrogens with one attached hydrogen (secondary N) is 6. The summed E-state index contributed by atoms with van der Waals surface area (Å²) >= 11 is 0. The van der Waals surface area contributed by atoms with Crippen molar-refractivity contribution in [2.75, 3.05) is 39.3 Å². The van der Waals surface area contributed by atoms with Gasteiger partial charge in [0.2, 0.25) is 47.3 Å². The highest BCUT2D eigenvalue weighted by Crippen LogP contribution is 2.26. The Hall–Kier alpha value is -7.87. The van der Waals surface area contributed by atoms with Crippen molar-refractivity contribution >= 4 is 65.1 Å². The number of carboxylic acids is 1. The molecule has 2 heterocycles. The third-order valence-electron chi connectivity index (χ3n) is 12.6. The average Bonchev–Trinajstić information content (AvgIpc) is 4.08. The molecule has 18 N–H and O–H groups in total. The number of hydrogen-bond donors (Lipinski definition) is 13. The quantitative estimate of drug-likeness (QED) is 0.0219. The van der Waals surface area contributed by atoms with Crippen molar-refractivity contribution in [3.05, 3.63) is 71.8 Å². The van der Waals surface area contributed by atoms with Gasteiger partial charge in [0.05, 0.1) is 19.2 Å². The van der Waals surface area contributed by atoms with Crippen molar-refractivity contribution in [3.63, 3.8) is 0 Å². The van der Waals surface area contributed by atoms with Crippen molar-refractivity contribution in [2.45, 2.75) is 126 Å². The zero-order chi connectivity index (χ0) is 55.2. The van der Waals surface area contributed by atoms with Gasteiger partial charge in [-0.1, -0.05) is 60.7 Å². The molecule has 26 heteroatoms. The van der Waals surface area contributed by atoms with Crippen LogP contribution in [0.3, 0.4) is 0 Å². The number of nitrogens with zero attached hydrogens (tertiary/aromatic N) is 4. The standard InChI is InChI=1S/C49H73N15O11/c1-49(2,46(75)61-34(26-30-15-7-4-8-16-30)40(68)59-32(45(73)74)18-10-22-56-48(53)54)62-41(69)35(28-65)60-39(67)33(25-29-13-5-3-6-14-29)58-38(66)27-57-42(70)36-19-11-23-63(36)44(72)37-20-12-24-64(37)43(71)31(50)17-9-21-55-47(51)52/h3-8,13-16,31-37,65H,9-12,17-28,50H2,1-2H3,(H,57,70)(H,58,66)(H,59,68)(H,60,67)(H,61,75)(H,62,69)(H,73,74)(H4,51,52,55)(H4,53,54,56)/t31-,32-,33-,34-,35-,36-,37-/m0/s1. The number of aliphatic hydroxyl groups is 1. The minimum absolute atomic E-state index is 0.0381. The summed E-state index contributed by atoms with van der Waals surface area (Å²) in [6.45, 7) is 2.04. The lowest BCUT2D eigenvalue weighted by Crippen LogP contribution is -2.63. The van der Waals surface area contributed by atoms with Crippen LogP contribution >= 0.6 is 0 Å². The lowest BCUT2D eigenvalue weighted by atomic mass is 9.99. The Labute approximate surface area is 434 Å². The van der Waals surface area contributed by atoms with E-state index in [1.807, 2.05) is 0 Å². The number of carbonyl (C=O) groups is 9. The molecule has 7 atom stereocenters. The zero-order valence-corrected chi connectivity index (χ0v) is 42.4. The number of amides is 8. The fraction of sp³-hybridized carbons (Fsp3) is 0.531. The van der Waals surface area contributed by atoms with E-state index < -0.39 is 114 Å². The first-order chi connectivity index (χ1) is 35.6. The SMILES string of the molecule is CC(C)(NC(=O)[C@H](CO)NC(=O)[C@H](Cc1ccccc1)NC(=O)CNC(=O)[C@@H]1CCCN1C(=O)[C@@H]1CCCN1C(=O)[C@@H](N)CCCN=C(N)N)C(=O)N[C@@H](Cc1ccccc1)C(=O)N[C@@H](CCCN=C(N)N)C(=O)O. The number of benzene rings is 2. The summed E-state index contributed by atoms with van der Waals surface area (Å²) in [7, 11) is 0. The van der Waals surface area contributed by atoms with E-state index in [2.05, 4.69) is 41.9 Å². The van der Waals surface area contributed by atoms with Crippen LogP contribution < -0.4 is 60.6 Å². The summed E-state index contributed by atoms with van der Waals surface area (Å²) in [5.41, 5.74) is 27.1. The van der Waals surface area contributed by atoms with Gasteiger partial charge in [-0.05, 0) is 76.3 Å². The van der Waals surface area contributed by atoms with Crippen LogP contribution in [0.1, 0.15) is 76.3 Å². The van der Waals surface area contributed by atoms with Gasteiger partial charge in [-0.15, -0.1) is 0 Å². The van der Waals surface area contributed by atoms with E-state index in [0.717, 1.165) is 0 Å². The smallest absolute Gasteiger partial charge is 0.326 e. The number of nitrogens with two attached hydrogens (primary N) is 5. The first kappa shape index (κ1) is 59.7. The van der Waals surface area contributed by atoms with E-state index in [1.54, 1.807) is 60.7 Å². The molecule has 2 aromatic rings. The van der Waals surface area contributed by atoms with E-state index in [-0.39, 0.29) is 57.2 Å². The van der Waals surface area contributed by atoms with Gasteiger partial charge < -0.3 is 80.6 Å². The highest BCUT2D eigenvalue weighted by Gasteiger charge is 2.43. The second-order valence-corrected chi connectivity index (χ2v) is 18.9. The monoisotopic (exact) mass is 1050 g/mol. The maximum atomic E-state index is 13.9. The molecular weight excluding hydrogens is 975 g/mol. The molecule has 8 amide bonds. The Morgan fingerprint density at radius 1 is 0.667 bits per heavy atom. The van der Waals surface area contributed by atoms with E-state index in [4.69, 9.17) is 28.7 Å². The third-order valence-corrected chi connectivity index (χ3v) is 12.6. The van der Waals surface area contributed by atoms with Gasteiger partial charge >= 0.3 is 5.97 Å². The number of likely N-dealkylation sites (tertiary alicyclic amines) is 2. The topological polar surface area (TPSA) is 428 Å². The number of guanidine groups is 2. The van der Waals surface area contributed by atoms with E-state index in [1.165, 1.54) is 23.6 Å². The number of carbonyl (C=O) groups excluding carboxylic acids is 8. The van der Waals surface area contributed by atoms with Crippen molar-refractivity contribution in [2.24, 2.45) is 38.7 Å². The molecule has 0 aliphatic carbocycles. The molecule has 75 heavy (non-hydrogen) atoms. The molecule has 2 aromatic carbocycles. The molecule has 0 saturated carbocycles. The maximum Gasteiger partial charge on any atom is 0.326 e. The second-order valence-electron chi connectivity index (χ2n) is 18.9. The van der Waals surface area contributed by atoms with Crippen molar-refractivity contribution in [1.29, 1.82) is 0 Å². The highest BCUT2D eigenvalue weighted by molar-refractivity contribution is 5.99. The lowest BCUT2D eigenvalue weighted by molar-refractivity contribution is -0.147. The van der Waals surface area contributed by atoms with Crippen LogP contribution in [-0.4, -0.2) is 172 Å². The predicted molar refractivity (Wildman–Crippen MR) is 275 cm³/mol. The van der Waals surface area contributed by atoms with Gasteiger partial charge in [0.25, 0.3) is 0 Å². The molecule has 0 aromatic heterocycles. The average molecular weight is 1050 g/mol. The third kappa shape index (κ3) is 18.8. The Kier molecular flexibility index (Phi) is 23.2. The van der Waals surface area contributed by atoms with Crippen molar-refractivity contribution < 1.29 is 53.4 Å². The minimum atomic E-state index is -1.80. The molecule has 2 aliphatic heterocycles. The normalized spacial score (nSPS) is 17.2. The minimum Gasteiger partial charge on any atom is -0.480 e. The molecule has 2 aliphatic rings. The van der Waals surface area contributed by atoms with Crippen LogP contribution in [0.15, 0.2) is 70.6 Å². The Balaban J connectivity index is 1.39. The molecule has 2 saturated heterocycles. The van der Waals surface area contributed by atoms with Crippen LogP contribution in [0, 0.1) is 0 Å². The van der Waals surface area contributed by atoms with Crippen LogP contribution in [0.5, 0.6) is 0 Å². The van der Waals surface area contributed by atoms with Crippen LogP contribution in [-0.2, 0) is 56.0 Å². The summed E-state index contributed by atoms with van der Waals surface area (Å²) < 4.78 is 0. The number of carboxylic acid groups (broad SMARTS) is 1. The first-order valence-electron chi connectivity index (χ1n) is 24.8. The molecular formula is C49H73N15O11. The summed E-state index contributed by atoms with van der Waals surface area (Å²) in [5, 5.41) is 35.3. The molecule has 0 radical (unpaired) electrons. The number of rotatable bonds is 28. The van der Waals surface area contributed by atoms with Crippen LogP contribution in [0.2, 0.25) is 0 Å². The fourth-order valence-electron chi connectivity index (χ4n) is 8.58. The number of aliphatic hydroxyl groups excluding tert-OH is 1. The maximum absolute atomic E-state index is 13.9. The van der Waals surface area contributed by atoms with Crippen molar-refractivity contribution in [1.82, 2.24) is 41.7 Å². The van der Waals surface area contributed by atoms with Gasteiger partial charge in [-0.3, -0.25) is 48.3 Å². The molecule has 4 rings (SSSR count). The lowest BCUT2D eigenvalue weighted by Gasteiger charge is -2.32. The van der Waals surface area contributed by atoms with E-state index in [9.17, 15) is 53.4 Å². The molecule has 0 spiro atoms. The molecule has 2 fully saturated rings. The second kappa shape index (κ2) is 29.1. The van der Waals surface area contributed by atoms with Gasteiger partial charge in [0, 0.05) is 39.0 Å². The van der Waals surface area contributed by atoms with E-state index in [0.29, 0.717) is 56.2 Å². The number of hydrogen-bond acceptors (Lipinski definition) is 13. The number of aliphatic imine (C=N–C) groups is 2. The Bertz CT molecular complexity index is 2370. The Morgan fingerprint density at radius 3 is 1.71 bits per heavy atom. The fourth-order valence-corrected chi connectivity index (χ4v) is 8.58. The summed E-state index contributed by atoms with van der Waals surface area (Å²) in [5.74, 6) is -7.43. The first-order valence-corrected chi connectivity index (χ1v) is 24.8. The summed E-state index contributed by atoms with van der Waals surface area (Å²) in [4.78, 5) is 132. The van der Waals surface area contributed by atoms with Crippen LogP contribution in [0.4, 0.5) is 0 Å². The summed E-state index contributed by atoms with van der Waals surface area (Å²) in [6, 6.07) is 8.76. The highest BCUT2D eigenvalue weighted by atomic mass is 16.4. The van der Waals surface area contributed by atoms with Crippen LogP contribution in [0.25, 0.3) is 0 Å². The summed E-state index contributed by atoms with van der Waals surface area (Å²) in [6.07, 6.45) is 2.49. The molecule has 26 nitrogen and oxygen atoms in total. The zero-order valence-electron chi connectivity index (χ0n) is 42.4. The molecule has 0 unspecified atom stereocenters. The van der Waals surface area contributed by atoms with Crippen molar-refractivity contribution in [3.8, 4) is 0 Å². The largest absolute Gasteiger partial charge is 0.480 e. The van der Waals surface area contributed by atoms with Gasteiger partial charge in [-0.25, -0.2) is 4.79 Å². The molecule has 410 valence electrons. The van der Waals surface area contributed by atoms with Gasteiger partial charge in [0.1, 0.15) is 41.8 Å². The molecule has 0 bridgehead atoms. The van der Waals surface area contributed by atoms with Gasteiger partial charge in [-0.2, -0.15) is 0 Å². The Morgan fingerprint density at radius 2 is 1.17 bits per heavy atom. The van der Waals surface area contributed by atoms with Gasteiger partial charge in [0.15, 0.2) is 11.9 Å². The number of aliphatic carboxylic acids is 1. The van der Waals surface area contributed by atoms with E-state index >= 15 is 0 Å². The predicted octanol–water partition coefficient (Wildman–Crippen LogP) is -4.08.